The Kier molecular flexibility index (Phi) is 3.91. The summed E-state index contributed by atoms with van der Waals surface area (Å²) in [5.74, 6) is 0.723. The summed E-state index contributed by atoms with van der Waals surface area (Å²) < 4.78 is 19.8. The monoisotopic (exact) mass is 298 g/mol. The fourth-order valence-electron chi connectivity index (χ4n) is 1.51. The molecule has 5 heteroatoms. The first-order chi connectivity index (χ1) is 8.22. The molecule has 0 saturated heterocycles. The van der Waals surface area contributed by atoms with Gasteiger partial charge in [0.15, 0.2) is 11.7 Å². The Morgan fingerprint density at radius 2 is 2.29 bits per heavy atom. The van der Waals surface area contributed by atoms with Gasteiger partial charge in [-0.1, -0.05) is 6.07 Å². The number of halogens is 2. The van der Waals surface area contributed by atoms with Crippen LogP contribution in [0.2, 0.25) is 0 Å². The number of benzene rings is 1. The third kappa shape index (κ3) is 2.73. The van der Waals surface area contributed by atoms with Crippen molar-refractivity contribution in [2.75, 3.05) is 13.6 Å². The Morgan fingerprint density at radius 3 is 3.00 bits per heavy atom. The summed E-state index contributed by atoms with van der Waals surface area (Å²) in [6.07, 6.45) is 2.23. The van der Waals surface area contributed by atoms with Crippen molar-refractivity contribution in [3.8, 4) is 11.3 Å². The number of hydrogen-bond donors (Lipinski definition) is 1. The van der Waals surface area contributed by atoms with E-state index < -0.39 is 0 Å². The molecule has 0 amide bonds. The number of rotatable bonds is 4. The fraction of sp³-hybridized carbons (Fsp3) is 0.250. The molecule has 2 aromatic rings. The standard InChI is InChI=1S/C12H12BrFN2O/c1-15-6-5-11-16-7-10(17-11)12-8(13)3-2-4-9(12)14/h2-4,7,15H,5-6H2,1H3. The third-order valence-electron chi connectivity index (χ3n) is 2.35. The number of nitrogens with zero attached hydrogens (tertiary/aromatic N) is 1. The summed E-state index contributed by atoms with van der Waals surface area (Å²) in [4.78, 5) is 4.12. The number of nitrogens with one attached hydrogen (secondary N) is 1. The predicted octanol–water partition coefficient (Wildman–Crippen LogP) is 3.01. The second-order valence-electron chi connectivity index (χ2n) is 3.57. The van der Waals surface area contributed by atoms with Crippen LogP contribution in [-0.2, 0) is 6.42 Å². The van der Waals surface area contributed by atoms with Crippen LogP contribution in [0.4, 0.5) is 4.39 Å². The third-order valence-corrected chi connectivity index (χ3v) is 3.01. The Morgan fingerprint density at radius 1 is 1.47 bits per heavy atom. The molecule has 0 aliphatic rings. The van der Waals surface area contributed by atoms with Crippen LogP contribution in [0.1, 0.15) is 5.89 Å². The Hall–Kier alpha value is -1.20. The molecule has 0 aliphatic carbocycles. The molecule has 0 aliphatic heterocycles. The highest BCUT2D eigenvalue weighted by Crippen LogP contribution is 2.31. The quantitative estimate of drug-likeness (QED) is 0.943. The van der Waals surface area contributed by atoms with Crippen LogP contribution in [0, 0.1) is 5.82 Å². The zero-order valence-electron chi connectivity index (χ0n) is 9.34. The van der Waals surface area contributed by atoms with Gasteiger partial charge in [0.25, 0.3) is 0 Å². The van der Waals surface area contributed by atoms with E-state index in [9.17, 15) is 4.39 Å². The van der Waals surface area contributed by atoms with Crippen LogP contribution >= 0.6 is 15.9 Å². The smallest absolute Gasteiger partial charge is 0.196 e. The van der Waals surface area contributed by atoms with Crippen LogP contribution in [0.15, 0.2) is 33.3 Å². The van der Waals surface area contributed by atoms with E-state index in [4.69, 9.17) is 4.42 Å². The van der Waals surface area contributed by atoms with E-state index in [1.165, 1.54) is 6.07 Å². The molecule has 1 aromatic carbocycles. The molecule has 0 unspecified atom stereocenters. The van der Waals surface area contributed by atoms with Crippen molar-refractivity contribution >= 4 is 15.9 Å². The van der Waals surface area contributed by atoms with Crippen LogP contribution in [0.3, 0.4) is 0 Å². The minimum atomic E-state index is -0.323. The maximum absolute atomic E-state index is 13.7. The molecule has 0 bridgehead atoms. The average Bonchev–Trinajstić information content (AvgIpc) is 2.75. The van der Waals surface area contributed by atoms with Gasteiger partial charge in [0.05, 0.1) is 11.8 Å². The molecule has 1 aromatic heterocycles. The van der Waals surface area contributed by atoms with Crippen molar-refractivity contribution in [3.63, 3.8) is 0 Å². The number of likely N-dealkylation sites (N-methyl/N-ethyl adjacent to an activating group) is 1. The molecule has 1 N–H and O–H groups in total. The van der Waals surface area contributed by atoms with E-state index in [1.807, 2.05) is 7.05 Å². The van der Waals surface area contributed by atoms with Gasteiger partial charge in [0, 0.05) is 17.4 Å². The van der Waals surface area contributed by atoms with Gasteiger partial charge in [-0.2, -0.15) is 0 Å². The second-order valence-corrected chi connectivity index (χ2v) is 4.42. The summed E-state index contributed by atoms with van der Waals surface area (Å²) in [6, 6.07) is 4.81. The van der Waals surface area contributed by atoms with Crippen molar-refractivity contribution in [1.82, 2.24) is 10.3 Å². The summed E-state index contributed by atoms with van der Waals surface area (Å²) >= 11 is 3.31. The summed E-state index contributed by atoms with van der Waals surface area (Å²) in [6.45, 7) is 0.776. The molecule has 0 atom stereocenters. The Labute approximate surface area is 107 Å². The van der Waals surface area contributed by atoms with Gasteiger partial charge < -0.3 is 9.73 Å². The molecule has 0 radical (unpaired) electrons. The summed E-state index contributed by atoms with van der Waals surface area (Å²) in [7, 11) is 1.86. The van der Waals surface area contributed by atoms with Crippen molar-refractivity contribution in [2.24, 2.45) is 0 Å². The van der Waals surface area contributed by atoms with Crippen LogP contribution < -0.4 is 5.32 Å². The minimum absolute atomic E-state index is 0.323. The average molecular weight is 299 g/mol. The highest BCUT2D eigenvalue weighted by atomic mass is 79.9. The largest absolute Gasteiger partial charge is 0.441 e. The highest BCUT2D eigenvalue weighted by molar-refractivity contribution is 9.10. The van der Waals surface area contributed by atoms with Gasteiger partial charge in [-0.3, -0.25) is 0 Å². The molecule has 1 heterocycles. The first-order valence-electron chi connectivity index (χ1n) is 5.26. The molecule has 0 spiro atoms. The zero-order valence-corrected chi connectivity index (χ0v) is 10.9. The van der Waals surface area contributed by atoms with Crippen molar-refractivity contribution < 1.29 is 8.81 Å². The van der Waals surface area contributed by atoms with Crippen LogP contribution in [0.5, 0.6) is 0 Å². The van der Waals surface area contributed by atoms with E-state index in [-0.39, 0.29) is 5.82 Å². The van der Waals surface area contributed by atoms with E-state index in [0.717, 1.165) is 6.54 Å². The number of oxazole rings is 1. The lowest BCUT2D eigenvalue weighted by Gasteiger charge is -2.01. The van der Waals surface area contributed by atoms with E-state index >= 15 is 0 Å². The van der Waals surface area contributed by atoms with E-state index in [2.05, 4.69) is 26.2 Å². The first-order valence-corrected chi connectivity index (χ1v) is 6.05. The van der Waals surface area contributed by atoms with Gasteiger partial charge in [-0.25, -0.2) is 9.37 Å². The normalized spacial score (nSPS) is 10.8. The van der Waals surface area contributed by atoms with E-state index in [0.29, 0.717) is 28.1 Å². The van der Waals surface area contributed by atoms with Crippen molar-refractivity contribution in [1.29, 1.82) is 0 Å². The van der Waals surface area contributed by atoms with Crippen LogP contribution in [0.25, 0.3) is 11.3 Å². The summed E-state index contributed by atoms with van der Waals surface area (Å²) in [5.41, 5.74) is 0.413. The molecule has 17 heavy (non-hydrogen) atoms. The fourth-order valence-corrected chi connectivity index (χ4v) is 2.04. The van der Waals surface area contributed by atoms with E-state index in [1.54, 1.807) is 18.3 Å². The lowest BCUT2D eigenvalue weighted by atomic mass is 10.2. The van der Waals surface area contributed by atoms with Crippen molar-refractivity contribution in [3.05, 3.63) is 40.6 Å². The SMILES string of the molecule is CNCCc1ncc(-c2c(F)cccc2Br)o1. The Bertz CT molecular complexity index is 493. The topological polar surface area (TPSA) is 38.1 Å². The molecule has 90 valence electrons. The minimum Gasteiger partial charge on any atom is -0.441 e. The zero-order chi connectivity index (χ0) is 12.3. The number of hydrogen-bond acceptors (Lipinski definition) is 3. The molecule has 3 nitrogen and oxygen atoms in total. The van der Waals surface area contributed by atoms with Crippen molar-refractivity contribution in [2.45, 2.75) is 6.42 Å². The van der Waals surface area contributed by atoms with Gasteiger partial charge in [-0.15, -0.1) is 0 Å². The highest BCUT2D eigenvalue weighted by Gasteiger charge is 2.13. The maximum Gasteiger partial charge on any atom is 0.196 e. The Balaban J connectivity index is 2.30. The molecule has 0 fully saturated rings. The van der Waals surface area contributed by atoms with Gasteiger partial charge in [0.2, 0.25) is 0 Å². The maximum atomic E-state index is 13.7. The molecule has 0 saturated carbocycles. The van der Waals surface area contributed by atoms with Gasteiger partial charge in [0.1, 0.15) is 5.82 Å². The summed E-state index contributed by atoms with van der Waals surface area (Å²) in [5, 5.41) is 3.00. The molecule has 2 rings (SSSR count). The van der Waals surface area contributed by atoms with Gasteiger partial charge in [-0.05, 0) is 35.1 Å². The lowest BCUT2D eigenvalue weighted by molar-refractivity contribution is 0.497. The van der Waals surface area contributed by atoms with Crippen LogP contribution in [-0.4, -0.2) is 18.6 Å². The van der Waals surface area contributed by atoms with Gasteiger partial charge >= 0.3 is 0 Å². The predicted molar refractivity (Wildman–Crippen MR) is 67.2 cm³/mol. The first kappa shape index (κ1) is 12.3. The lowest BCUT2D eigenvalue weighted by Crippen LogP contribution is -2.10. The number of aromatic nitrogens is 1. The molecular formula is C12H12BrFN2O. The second kappa shape index (κ2) is 5.42. The molecular weight excluding hydrogens is 287 g/mol.